The predicted molar refractivity (Wildman–Crippen MR) is 162 cm³/mol. The maximum Gasteiger partial charge on any atom is 0.247 e. The Morgan fingerprint density at radius 2 is 1.60 bits per heavy atom. The summed E-state index contributed by atoms with van der Waals surface area (Å²) in [7, 11) is -2.24. The van der Waals surface area contributed by atoms with Gasteiger partial charge in [0.2, 0.25) is 15.9 Å². The third-order valence-corrected chi connectivity index (χ3v) is 7.42. The van der Waals surface area contributed by atoms with Gasteiger partial charge in [-0.15, -0.1) is 0 Å². The molecule has 0 fully saturated rings. The highest BCUT2D eigenvalue weighted by atomic mass is 32.2. The van der Waals surface area contributed by atoms with E-state index in [9.17, 15) is 13.2 Å². The van der Waals surface area contributed by atoms with Gasteiger partial charge in [0.05, 0.1) is 12.0 Å². The van der Waals surface area contributed by atoms with Crippen LogP contribution in [0.25, 0.3) is 0 Å². The summed E-state index contributed by atoms with van der Waals surface area (Å²) in [6.07, 6.45) is 0.478. The third kappa shape index (κ3) is 8.09. The number of methoxy groups -OCH3 is 1. The molecule has 0 spiro atoms. The zero-order valence-corrected chi connectivity index (χ0v) is 23.9. The van der Waals surface area contributed by atoms with Crippen LogP contribution in [0.2, 0.25) is 0 Å². The lowest BCUT2D eigenvalue weighted by Gasteiger charge is -2.22. The van der Waals surface area contributed by atoms with Gasteiger partial charge in [-0.1, -0.05) is 48.5 Å². The summed E-state index contributed by atoms with van der Waals surface area (Å²) in [6.45, 7) is 0.670. The normalized spacial score (nSPS) is 11.8. The van der Waals surface area contributed by atoms with Crippen LogP contribution in [0.5, 0.6) is 11.5 Å². The van der Waals surface area contributed by atoms with Crippen LogP contribution in [0.3, 0.4) is 0 Å². The minimum Gasteiger partial charge on any atom is -0.493 e. The first-order valence-electron chi connectivity index (χ1n) is 13.1. The second-order valence-electron chi connectivity index (χ2n) is 9.48. The molecule has 0 aliphatic heterocycles. The molecule has 1 amide bonds. The molecule has 11 heteroatoms. The SMILES string of the molecule is COc1cc([C@H](Nc2ccc(C(=N)N)cc2)C(=O)NCCc2ccc(S(N)(=O)=O)cc2)ccc1OCc1ccccc1. The van der Waals surface area contributed by atoms with Gasteiger partial charge in [0.15, 0.2) is 11.5 Å². The fourth-order valence-electron chi connectivity index (χ4n) is 4.21. The summed E-state index contributed by atoms with van der Waals surface area (Å²) >= 11 is 0. The van der Waals surface area contributed by atoms with E-state index in [0.29, 0.717) is 47.9 Å². The first-order valence-corrected chi connectivity index (χ1v) is 14.6. The molecule has 0 aliphatic rings. The Morgan fingerprint density at radius 1 is 0.905 bits per heavy atom. The number of hydrogen-bond acceptors (Lipinski definition) is 7. The monoisotopic (exact) mass is 587 g/mol. The van der Waals surface area contributed by atoms with Crippen LogP contribution in [0, 0.1) is 5.41 Å². The van der Waals surface area contributed by atoms with Crippen molar-refractivity contribution in [1.29, 1.82) is 5.41 Å². The van der Waals surface area contributed by atoms with Crippen molar-refractivity contribution >= 4 is 27.5 Å². The van der Waals surface area contributed by atoms with E-state index in [0.717, 1.165) is 11.1 Å². The summed E-state index contributed by atoms with van der Waals surface area (Å²) < 4.78 is 34.6. The number of rotatable bonds is 13. The zero-order valence-electron chi connectivity index (χ0n) is 23.0. The molecule has 10 nitrogen and oxygen atoms in total. The Labute approximate surface area is 245 Å². The van der Waals surface area contributed by atoms with Crippen molar-refractivity contribution in [2.45, 2.75) is 24.0 Å². The van der Waals surface area contributed by atoms with Crippen LogP contribution in [0.4, 0.5) is 5.69 Å². The first kappa shape index (κ1) is 30.1. The molecule has 1 atom stereocenters. The molecular weight excluding hydrogens is 554 g/mol. The van der Waals surface area contributed by atoms with Crippen LogP contribution < -0.4 is 31.0 Å². The number of carbonyl (C=O) groups is 1. The van der Waals surface area contributed by atoms with Crippen LogP contribution >= 0.6 is 0 Å². The Morgan fingerprint density at radius 3 is 2.21 bits per heavy atom. The number of nitrogen functional groups attached to an aromatic ring is 1. The van der Waals surface area contributed by atoms with E-state index in [1.54, 1.807) is 61.7 Å². The summed E-state index contributed by atoms with van der Waals surface area (Å²) in [6, 6.07) is 27.4. The number of sulfonamides is 1. The number of ether oxygens (including phenoxy) is 2. The smallest absolute Gasteiger partial charge is 0.247 e. The molecule has 0 saturated carbocycles. The molecule has 42 heavy (non-hydrogen) atoms. The van der Waals surface area contributed by atoms with Crippen LogP contribution in [-0.4, -0.2) is 33.8 Å². The van der Waals surface area contributed by atoms with E-state index >= 15 is 0 Å². The van der Waals surface area contributed by atoms with Crippen molar-refractivity contribution in [2.24, 2.45) is 10.9 Å². The number of carbonyl (C=O) groups excluding carboxylic acids is 1. The molecule has 7 N–H and O–H groups in total. The number of benzene rings is 4. The number of primary sulfonamides is 1. The number of nitrogens with one attached hydrogen (secondary N) is 3. The summed E-state index contributed by atoms with van der Waals surface area (Å²) in [5, 5.41) is 19.0. The van der Waals surface area contributed by atoms with Gasteiger partial charge in [0, 0.05) is 17.8 Å². The van der Waals surface area contributed by atoms with Crippen molar-refractivity contribution in [2.75, 3.05) is 19.0 Å². The standard InChI is InChI=1S/C31H33N5O5S/c1-40-28-19-24(11-16-27(28)41-20-22-5-3-2-4-6-22)29(36-25-12-9-23(10-13-25)30(32)33)31(37)35-18-17-21-7-14-26(15-8-21)42(34,38)39/h2-16,19,29,36H,17-18,20H2,1H3,(H3,32,33)(H,35,37)(H2,34,38,39)/t29-/m0/s1. The van der Waals surface area contributed by atoms with Gasteiger partial charge in [0.1, 0.15) is 18.5 Å². The highest BCUT2D eigenvalue weighted by Gasteiger charge is 2.22. The molecule has 4 aromatic rings. The molecule has 4 aromatic carbocycles. The van der Waals surface area contributed by atoms with Gasteiger partial charge in [0.25, 0.3) is 0 Å². The van der Waals surface area contributed by atoms with E-state index in [4.69, 9.17) is 25.8 Å². The van der Waals surface area contributed by atoms with Gasteiger partial charge < -0.3 is 25.8 Å². The van der Waals surface area contributed by atoms with E-state index in [-0.39, 0.29) is 16.6 Å². The Balaban J connectivity index is 1.51. The lowest BCUT2D eigenvalue weighted by Crippen LogP contribution is -2.34. The minimum absolute atomic E-state index is 0.0282. The van der Waals surface area contributed by atoms with E-state index < -0.39 is 16.1 Å². The highest BCUT2D eigenvalue weighted by molar-refractivity contribution is 7.89. The van der Waals surface area contributed by atoms with Crippen molar-refractivity contribution in [1.82, 2.24) is 5.32 Å². The number of amidine groups is 1. The minimum atomic E-state index is -3.78. The van der Waals surface area contributed by atoms with E-state index in [1.165, 1.54) is 12.1 Å². The van der Waals surface area contributed by atoms with E-state index in [1.807, 2.05) is 30.3 Å². The van der Waals surface area contributed by atoms with Crippen LogP contribution in [-0.2, 0) is 27.8 Å². The van der Waals surface area contributed by atoms with Gasteiger partial charge in [-0.3, -0.25) is 10.2 Å². The molecule has 0 aromatic heterocycles. The molecular formula is C31H33N5O5S. The average molecular weight is 588 g/mol. The predicted octanol–water partition coefficient (Wildman–Crippen LogP) is 3.72. The molecule has 0 radical (unpaired) electrons. The zero-order chi connectivity index (χ0) is 30.1. The van der Waals surface area contributed by atoms with Gasteiger partial charge in [-0.05, 0) is 71.6 Å². The Hall–Kier alpha value is -4.87. The molecule has 0 bridgehead atoms. The van der Waals surface area contributed by atoms with Crippen molar-refractivity contribution in [3.63, 3.8) is 0 Å². The quantitative estimate of drug-likeness (QED) is 0.117. The lowest BCUT2D eigenvalue weighted by molar-refractivity contribution is -0.121. The molecule has 0 heterocycles. The Kier molecular flexibility index (Phi) is 9.79. The van der Waals surface area contributed by atoms with Crippen LogP contribution in [0.1, 0.15) is 28.3 Å². The number of nitrogens with two attached hydrogens (primary N) is 2. The maximum atomic E-state index is 13.5. The molecule has 0 unspecified atom stereocenters. The molecule has 0 saturated heterocycles. The van der Waals surface area contributed by atoms with Gasteiger partial charge in [-0.25, -0.2) is 13.6 Å². The van der Waals surface area contributed by atoms with Crippen molar-refractivity contribution in [3.8, 4) is 11.5 Å². The number of amides is 1. The maximum absolute atomic E-state index is 13.5. The lowest BCUT2D eigenvalue weighted by atomic mass is 10.0. The third-order valence-electron chi connectivity index (χ3n) is 6.49. The molecule has 218 valence electrons. The van der Waals surface area contributed by atoms with Gasteiger partial charge in [-0.2, -0.15) is 0 Å². The fourth-order valence-corrected chi connectivity index (χ4v) is 4.72. The second kappa shape index (κ2) is 13.7. The van der Waals surface area contributed by atoms with Crippen molar-refractivity contribution < 1.29 is 22.7 Å². The van der Waals surface area contributed by atoms with Crippen molar-refractivity contribution in [3.05, 3.63) is 119 Å². The number of anilines is 1. The fraction of sp³-hybridized carbons (Fsp3) is 0.161. The van der Waals surface area contributed by atoms with Crippen LogP contribution in [0.15, 0.2) is 102 Å². The second-order valence-corrected chi connectivity index (χ2v) is 11.0. The summed E-state index contributed by atoms with van der Waals surface area (Å²) in [5.74, 6) is 0.679. The molecule has 4 rings (SSSR count). The molecule has 0 aliphatic carbocycles. The highest BCUT2D eigenvalue weighted by Crippen LogP contribution is 2.32. The summed E-state index contributed by atoms with van der Waals surface area (Å²) in [5.41, 5.74) is 9.30. The number of hydrogen-bond donors (Lipinski definition) is 5. The Bertz CT molecular complexity index is 1630. The van der Waals surface area contributed by atoms with E-state index in [2.05, 4.69) is 10.6 Å². The average Bonchev–Trinajstić information content (AvgIpc) is 2.99. The topological polar surface area (TPSA) is 170 Å². The largest absolute Gasteiger partial charge is 0.493 e. The first-order chi connectivity index (χ1) is 20.1. The van der Waals surface area contributed by atoms with Gasteiger partial charge >= 0.3 is 0 Å². The summed E-state index contributed by atoms with van der Waals surface area (Å²) in [4.78, 5) is 13.5.